The van der Waals surface area contributed by atoms with Gasteiger partial charge in [0.05, 0.1) is 0 Å². The molecule has 1 aliphatic heterocycles. The number of hydrogen-bond donors (Lipinski definition) is 0. The van der Waals surface area contributed by atoms with Crippen molar-refractivity contribution in [2.24, 2.45) is 0 Å². The summed E-state index contributed by atoms with van der Waals surface area (Å²) < 4.78 is 6.02. The molecule has 1 atom stereocenters. The molecule has 1 aromatic heterocycles. The molecule has 2 heterocycles. The molecule has 0 aliphatic carbocycles. The number of oxazole rings is 1. The van der Waals surface area contributed by atoms with E-state index in [9.17, 15) is 0 Å². The van der Waals surface area contributed by atoms with Gasteiger partial charge in [0.2, 0.25) is 5.88 Å². The molecule has 1 fully saturated rings. The third-order valence-corrected chi connectivity index (χ3v) is 4.33. The van der Waals surface area contributed by atoms with Gasteiger partial charge in [-0.1, -0.05) is 30.3 Å². The number of aryl methyl sites for hydroxylation is 3. The van der Waals surface area contributed by atoms with Crippen LogP contribution in [-0.2, 0) is 12.8 Å². The van der Waals surface area contributed by atoms with E-state index in [1.165, 1.54) is 18.4 Å². The molecule has 3 nitrogen and oxygen atoms in total. The van der Waals surface area contributed by atoms with Crippen molar-refractivity contribution in [2.45, 2.75) is 52.0 Å². The van der Waals surface area contributed by atoms with Crippen LogP contribution in [0.1, 0.15) is 43.3 Å². The first kappa shape index (κ1) is 14.2. The lowest BCUT2D eigenvalue weighted by atomic mass is 10.1. The highest BCUT2D eigenvalue weighted by atomic mass is 16.4. The third kappa shape index (κ3) is 3.29. The van der Waals surface area contributed by atoms with Gasteiger partial charge in [0.1, 0.15) is 5.69 Å². The minimum atomic E-state index is 0.578. The highest BCUT2D eigenvalue weighted by molar-refractivity contribution is 5.42. The van der Waals surface area contributed by atoms with Gasteiger partial charge in [0, 0.05) is 19.0 Å². The molecule has 1 saturated heterocycles. The van der Waals surface area contributed by atoms with Gasteiger partial charge in [0.15, 0.2) is 5.89 Å². The first-order valence-corrected chi connectivity index (χ1v) is 8.01. The fourth-order valence-electron chi connectivity index (χ4n) is 3.14. The van der Waals surface area contributed by atoms with Gasteiger partial charge in [-0.2, -0.15) is 0 Å². The Bertz CT molecular complexity index is 576. The van der Waals surface area contributed by atoms with Crippen molar-refractivity contribution in [3.8, 4) is 0 Å². The molecule has 1 aromatic carbocycles. The highest BCUT2D eigenvalue weighted by Gasteiger charge is 2.25. The van der Waals surface area contributed by atoms with E-state index in [2.05, 4.69) is 54.1 Å². The summed E-state index contributed by atoms with van der Waals surface area (Å²) >= 11 is 0. The van der Waals surface area contributed by atoms with Crippen LogP contribution in [-0.4, -0.2) is 17.6 Å². The van der Waals surface area contributed by atoms with Crippen LogP contribution in [0, 0.1) is 6.92 Å². The average Bonchev–Trinajstić information content (AvgIpc) is 3.06. The Kier molecular flexibility index (Phi) is 4.28. The number of nitrogens with zero attached hydrogens (tertiary/aromatic N) is 2. The quantitative estimate of drug-likeness (QED) is 0.826. The summed E-state index contributed by atoms with van der Waals surface area (Å²) in [6.45, 7) is 5.43. The molecule has 0 saturated carbocycles. The topological polar surface area (TPSA) is 29.3 Å². The first-order chi connectivity index (χ1) is 10.2. The number of rotatable bonds is 5. The lowest BCUT2D eigenvalue weighted by molar-refractivity contribution is 0.476. The molecule has 0 amide bonds. The van der Waals surface area contributed by atoms with Gasteiger partial charge in [-0.25, -0.2) is 4.98 Å². The summed E-state index contributed by atoms with van der Waals surface area (Å²) in [4.78, 5) is 6.98. The SMILES string of the molecule is Cc1nc(CCCc2ccccc2)oc1N1CCC[C@@H]1C. The van der Waals surface area contributed by atoms with E-state index in [-0.39, 0.29) is 0 Å². The molecular formula is C18H24N2O. The van der Waals surface area contributed by atoms with Gasteiger partial charge in [-0.05, 0) is 45.1 Å². The lowest BCUT2D eigenvalue weighted by Gasteiger charge is -2.20. The van der Waals surface area contributed by atoms with Crippen molar-refractivity contribution < 1.29 is 4.42 Å². The van der Waals surface area contributed by atoms with E-state index in [1.807, 2.05) is 0 Å². The maximum Gasteiger partial charge on any atom is 0.219 e. The molecule has 0 radical (unpaired) electrons. The normalized spacial score (nSPS) is 18.4. The van der Waals surface area contributed by atoms with Crippen LogP contribution in [0.2, 0.25) is 0 Å². The standard InChI is InChI=1S/C18H24N2O/c1-14-8-7-13-20(14)18-15(2)19-17(21-18)12-6-11-16-9-4-3-5-10-16/h3-5,9-10,14H,6-8,11-13H2,1-2H3/t14-/m0/s1. The van der Waals surface area contributed by atoms with Crippen LogP contribution >= 0.6 is 0 Å². The molecule has 0 bridgehead atoms. The van der Waals surface area contributed by atoms with E-state index in [0.29, 0.717) is 6.04 Å². The fourth-order valence-corrected chi connectivity index (χ4v) is 3.14. The Morgan fingerprint density at radius 1 is 1.24 bits per heavy atom. The zero-order chi connectivity index (χ0) is 14.7. The fraction of sp³-hybridized carbons (Fsp3) is 0.500. The lowest BCUT2D eigenvalue weighted by Crippen LogP contribution is -2.26. The summed E-state index contributed by atoms with van der Waals surface area (Å²) in [6.07, 6.45) is 5.59. The molecule has 0 N–H and O–H groups in total. The Hall–Kier alpha value is -1.77. The summed E-state index contributed by atoms with van der Waals surface area (Å²) in [5.41, 5.74) is 2.42. The van der Waals surface area contributed by atoms with Gasteiger partial charge >= 0.3 is 0 Å². The van der Waals surface area contributed by atoms with Crippen LogP contribution in [0.15, 0.2) is 34.7 Å². The van der Waals surface area contributed by atoms with Crippen molar-refractivity contribution in [3.63, 3.8) is 0 Å². The molecule has 21 heavy (non-hydrogen) atoms. The summed E-state index contributed by atoms with van der Waals surface area (Å²) in [5, 5.41) is 0. The average molecular weight is 284 g/mol. The molecule has 1 aliphatic rings. The monoisotopic (exact) mass is 284 g/mol. The van der Waals surface area contributed by atoms with Crippen molar-refractivity contribution >= 4 is 5.88 Å². The minimum absolute atomic E-state index is 0.578. The van der Waals surface area contributed by atoms with Crippen LogP contribution in [0.3, 0.4) is 0 Å². The molecule has 0 spiro atoms. The van der Waals surface area contributed by atoms with E-state index < -0.39 is 0 Å². The Morgan fingerprint density at radius 3 is 2.76 bits per heavy atom. The smallest absolute Gasteiger partial charge is 0.219 e. The van der Waals surface area contributed by atoms with Crippen LogP contribution in [0.25, 0.3) is 0 Å². The third-order valence-electron chi connectivity index (χ3n) is 4.33. The molecular weight excluding hydrogens is 260 g/mol. The van der Waals surface area contributed by atoms with Gasteiger partial charge in [0.25, 0.3) is 0 Å². The van der Waals surface area contributed by atoms with E-state index in [0.717, 1.165) is 43.3 Å². The van der Waals surface area contributed by atoms with Crippen LogP contribution < -0.4 is 4.90 Å². The second-order valence-electron chi connectivity index (χ2n) is 6.02. The largest absolute Gasteiger partial charge is 0.425 e. The van der Waals surface area contributed by atoms with E-state index >= 15 is 0 Å². The van der Waals surface area contributed by atoms with Crippen LogP contribution in [0.4, 0.5) is 5.88 Å². The molecule has 112 valence electrons. The summed E-state index contributed by atoms with van der Waals surface area (Å²) in [6, 6.07) is 11.2. The Balaban J connectivity index is 1.59. The maximum absolute atomic E-state index is 6.02. The van der Waals surface area contributed by atoms with Crippen molar-refractivity contribution in [3.05, 3.63) is 47.5 Å². The molecule has 3 heteroatoms. The van der Waals surface area contributed by atoms with Crippen molar-refractivity contribution in [1.29, 1.82) is 0 Å². The van der Waals surface area contributed by atoms with E-state index in [1.54, 1.807) is 0 Å². The summed E-state index contributed by atoms with van der Waals surface area (Å²) in [7, 11) is 0. The summed E-state index contributed by atoms with van der Waals surface area (Å²) in [5.74, 6) is 1.88. The zero-order valence-electron chi connectivity index (χ0n) is 13.0. The molecule has 2 aromatic rings. The van der Waals surface area contributed by atoms with Gasteiger partial charge in [-0.15, -0.1) is 0 Å². The number of anilines is 1. The molecule has 0 unspecified atom stereocenters. The maximum atomic E-state index is 6.02. The minimum Gasteiger partial charge on any atom is -0.425 e. The van der Waals surface area contributed by atoms with Crippen molar-refractivity contribution in [2.75, 3.05) is 11.4 Å². The number of benzene rings is 1. The molecule has 3 rings (SSSR count). The highest BCUT2D eigenvalue weighted by Crippen LogP contribution is 2.29. The zero-order valence-corrected chi connectivity index (χ0v) is 13.0. The number of hydrogen-bond acceptors (Lipinski definition) is 3. The van der Waals surface area contributed by atoms with Gasteiger partial charge in [-0.3, -0.25) is 0 Å². The second-order valence-corrected chi connectivity index (χ2v) is 6.02. The Labute approximate surface area is 127 Å². The number of aromatic nitrogens is 1. The van der Waals surface area contributed by atoms with Crippen molar-refractivity contribution in [1.82, 2.24) is 4.98 Å². The second kappa shape index (κ2) is 6.33. The first-order valence-electron chi connectivity index (χ1n) is 8.01. The predicted octanol–water partition coefficient (Wildman–Crippen LogP) is 4.15. The van der Waals surface area contributed by atoms with E-state index in [4.69, 9.17) is 4.42 Å². The van der Waals surface area contributed by atoms with Crippen LogP contribution in [0.5, 0.6) is 0 Å². The predicted molar refractivity (Wildman–Crippen MR) is 85.7 cm³/mol. The Morgan fingerprint density at radius 2 is 2.05 bits per heavy atom. The van der Waals surface area contributed by atoms with Gasteiger partial charge < -0.3 is 9.32 Å².